The van der Waals surface area contributed by atoms with E-state index in [2.05, 4.69) is 12.1 Å². The molecule has 2 nitrogen and oxygen atoms in total. The Labute approximate surface area is 49.8 Å². The lowest BCUT2D eigenvalue weighted by Gasteiger charge is -1.94. The number of hydrogen-bond acceptors (Lipinski definition) is 2. The summed E-state index contributed by atoms with van der Waals surface area (Å²) in [5.74, 6) is 0. The van der Waals surface area contributed by atoms with E-state index in [1.54, 1.807) is 12.3 Å². The van der Waals surface area contributed by atoms with Crippen LogP contribution in [0.5, 0.6) is 0 Å². The Kier molecular flexibility index (Phi) is 5.65. The van der Waals surface area contributed by atoms with E-state index in [0.717, 1.165) is 0 Å². The number of nitrogens with one attached hydrogen (secondary N) is 1. The van der Waals surface area contributed by atoms with Crippen LogP contribution in [0.1, 0.15) is 6.92 Å². The van der Waals surface area contributed by atoms with E-state index in [0.29, 0.717) is 6.61 Å². The first kappa shape index (κ1) is 7.24. The molecule has 0 saturated carbocycles. The van der Waals surface area contributed by atoms with Crippen LogP contribution >= 0.6 is 0 Å². The number of hydrogen-bond donors (Lipinski definition) is 1. The van der Waals surface area contributed by atoms with Crippen molar-refractivity contribution in [2.75, 3.05) is 6.61 Å². The monoisotopic (exact) mass is 113 g/mol. The van der Waals surface area contributed by atoms with Crippen LogP contribution in [0.3, 0.4) is 0 Å². The van der Waals surface area contributed by atoms with Crippen LogP contribution in [0.15, 0.2) is 24.9 Å². The summed E-state index contributed by atoms with van der Waals surface area (Å²) in [5, 5.41) is 0. The summed E-state index contributed by atoms with van der Waals surface area (Å²) in [5.41, 5.74) is 2.58. The fourth-order valence-electron chi connectivity index (χ4n) is 0.223. The molecule has 0 saturated heterocycles. The van der Waals surface area contributed by atoms with Crippen LogP contribution in [0.25, 0.3) is 0 Å². The predicted octanol–water partition coefficient (Wildman–Crippen LogP) is 1.23. The molecule has 46 valence electrons. The van der Waals surface area contributed by atoms with Crippen molar-refractivity contribution in [1.29, 1.82) is 0 Å². The zero-order chi connectivity index (χ0) is 6.24. The molecule has 0 fully saturated rings. The smallest absolute Gasteiger partial charge is 0.0924 e. The van der Waals surface area contributed by atoms with Crippen molar-refractivity contribution < 1.29 is 4.84 Å². The van der Waals surface area contributed by atoms with Gasteiger partial charge in [0, 0.05) is 6.20 Å². The molecule has 0 aliphatic rings. The summed E-state index contributed by atoms with van der Waals surface area (Å²) in [6, 6.07) is 0. The zero-order valence-corrected chi connectivity index (χ0v) is 5.05. The average molecular weight is 113 g/mol. The van der Waals surface area contributed by atoms with Gasteiger partial charge in [-0.2, -0.15) is 0 Å². The molecule has 8 heavy (non-hydrogen) atoms. The van der Waals surface area contributed by atoms with Crippen molar-refractivity contribution in [2.24, 2.45) is 0 Å². The van der Waals surface area contributed by atoms with E-state index in [1.807, 2.05) is 13.0 Å². The minimum absolute atomic E-state index is 0.532. The fraction of sp³-hybridized carbons (Fsp3) is 0.333. The van der Waals surface area contributed by atoms with Crippen molar-refractivity contribution >= 4 is 0 Å². The Hall–Kier alpha value is -0.760. The van der Waals surface area contributed by atoms with E-state index in [9.17, 15) is 0 Å². The minimum atomic E-state index is 0.532. The first-order chi connectivity index (χ1) is 3.91. The number of rotatable bonds is 4. The molecule has 0 aromatic carbocycles. The quantitative estimate of drug-likeness (QED) is 0.336. The first-order valence-electron chi connectivity index (χ1n) is 2.51. The topological polar surface area (TPSA) is 21.3 Å². The lowest BCUT2D eigenvalue weighted by Crippen LogP contribution is -2.05. The van der Waals surface area contributed by atoms with Gasteiger partial charge in [0.25, 0.3) is 0 Å². The van der Waals surface area contributed by atoms with Crippen LogP contribution in [-0.2, 0) is 4.84 Å². The highest BCUT2D eigenvalue weighted by Gasteiger charge is 1.69. The second-order valence-corrected chi connectivity index (χ2v) is 1.22. The molecule has 0 spiro atoms. The largest absolute Gasteiger partial charge is 0.274 e. The lowest BCUT2D eigenvalue weighted by atomic mass is 10.7. The van der Waals surface area contributed by atoms with Gasteiger partial charge in [-0.1, -0.05) is 12.2 Å². The van der Waals surface area contributed by atoms with Crippen molar-refractivity contribution in [3.8, 4) is 0 Å². The zero-order valence-electron chi connectivity index (χ0n) is 5.05. The predicted molar refractivity (Wildman–Crippen MR) is 34.1 cm³/mol. The summed E-state index contributed by atoms with van der Waals surface area (Å²) >= 11 is 0. The number of allylic oxidation sites excluding steroid dienone is 1. The molecule has 0 aromatic rings. The Morgan fingerprint density at radius 3 is 3.00 bits per heavy atom. The third kappa shape index (κ3) is 5.24. The van der Waals surface area contributed by atoms with Gasteiger partial charge < -0.3 is 0 Å². The SMILES string of the molecule is C=CCONC=CC. The van der Waals surface area contributed by atoms with Gasteiger partial charge in [-0.3, -0.25) is 10.3 Å². The number of hydroxylamine groups is 1. The Balaban J connectivity index is 2.82. The molecular weight excluding hydrogens is 102 g/mol. The van der Waals surface area contributed by atoms with Gasteiger partial charge in [-0.05, 0) is 6.92 Å². The van der Waals surface area contributed by atoms with Gasteiger partial charge in [0.15, 0.2) is 0 Å². The summed E-state index contributed by atoms with van der Waals surface area (Å²) in [6.45, 7) is 5.91. The van der Waals surface area contributed by atoms with Gasteiger partial charge in [-0.15, -0.1) is 6.58 Å². The highest BCUT2D eigenvalue weighted by Crippen LogP contribution is 1.67. The Morgan fingerprint density at radius 1 is 1.75 bits per heavy atom. The summed E-state index contributed by atoms with van der Waals surface area (Å²) in [6.07, 6.45) is 5.24. The van der Waals surface area contributed by atoms with Crippen molar-refractivity contribution in [3.05, 3.63) is 24.9 Å². The molecule has 0 radical (unpaired) electrons. The van der Waals surface area contributed by atoms with Crippen LogP contribution in [0.4, 0.5) is 0 Å². The van der Waals surface area contributed by atoms with Gasteiger partial charge in [0.1, 0.15) is 0 Å². The van der Waals surface area contributed by atoms with E-state index < -0.39 is 0 Å². The molecule has 0 amide bonds. The lowest BCUT2D eigenvalue weighted by molar-refractivity contribution is 0.0956. The maximum Gasteiger partial charge on any atom is 0.0924 e. The first-order valence-corrected chi connectivity index (χ1v) is 2.51. The molecular formula is C6H11NO. The molecule has 2 heteroatoms. The molecule has 0 heterocycles. The van der Waals surface area contributed by atoms with Crippen molar-refractivity contribution in [2.45, 2.75) is 6.92 Å². The normalized spacial score (nSPS) is 9.62. The Morgan fingerprint density at radius 2 is 2.50 bits per heavy atom. The fourth-order valence-corrected chi connectivity index (χ4v) is 0.223. The summed E-state index contributed by atoms with van der Waals surface area (Å²) in [4.78, 5) is 4.77. The standard InChI is InChI=1S/C6H11NO/c1-3-5-7-8-6-4-2/h3-5,7H,2,6H2,1H3. The molecule has 0 bridgehead atoms. The highest BCUT2D eigenvalue weighted by atomic mass is 16.6. The third-order valence-corrected chi connectivity index (χ3v) is 0.519. The summed E-state index contributed by atoms with van der Waals surface area (Å²) in [7, 11) is 0. The molecule has 0 aliphatic carbocycles. The van der Waals surface area contributed by atoms with Gasteiger partial charge >= 0.3 is 0 Å². The highest BCUT2D eigenvalue weighted by molar-refractivity contribution is 4.70. The van der Waals surface area contributed by atoms with Crippen molar-refractivity contribution in [3.63, 3.8) is 0 Å². The molecule has 1 N–H and O–H groups in total. The van der Waals surface area contributed by atoms with Crippen LogP contribution in [-0.4, -0.2) is 6.61 Å². The second kappa shape index (κ2) is 6.24. The van der Waals surface area contributed by atoms with Crippen LogP contribution in [0, 0.1) is 0 Å². The maximum absolute atomic E-state index is 4.77. The summed E-state index contributed by atoms with van der Waals surface area (Å²) < 4.78 is 0. The van der Waals surface area contributed by atoms with Gasteiger partial charge in [0.05, 0.1) is 6.61 Å². The van der Waals surface area contributed by atoms with Gasteiger partial charge in [0.2, 0.25) is 0 Å². The Bertz CT molecular complexity index is 78.6. The van der Waals surface area contributed by atoms with Crippen LogP contribution < -0.4 is 5.48 Å². The van der Waals surface area contributed by atoms with Gasteiger partial charge in [-0.25, -0.2) is 0 Å². The van der Waals surface area contributed by atoms with E-state index in [1.165, 1.54) is 0 Å². The van der Waals surface area contributed by atoms with Crippen molar-refractivity contribution in [1.82, 2.24) is 5.48 Å². The second-order valence-electron chi connectivity index (χ2n) is 1.22. The molecule has 0 aliphatic heterocycles. The molecule has 0 atom stereocenters. The molecule has 0 aromatic heterocycles. The minimum Gasteiger partial charge on any atom is -0.274 e. The van der Waals surface area contributed by atoms with E-state index in [-0.39, 0.29) is 0 Å². The van der Waals surface area contributed by atoms with E-state index in [4.69, 9.17) is 4.84 Å². The molecule has 0 rings (SSSR count). The molecule has 0 unspecified atom stereocenters. The third-order valence-electron chi connectivity index (χ3n) is 0.519. The maximum atomic E-state index is 4.77. The van der Waals surface area contributed by atoms with E-state index >= 15 is 0 Å². The van der Waals surface area contributed by atoms with Crippen LogP contribution in [0.2, 0.25) is 0 Å². The average Bonchev–Trinajstić information content (AvgIpc) is 1.81.